The average Bonchev–Trinajstić information content (AvgIpc) is 2.84. The van der Waals surface area contributed by atoms with E-state index < -0.39 is 0 Å². The number of hydrogen-bond acceptors (Lipinski definition) is 8. The van der Waals surface area contributed by atoms with Crippen LogP contribution in [0.4, 0.5) is 4.39 Å². The Balaban J connectivity index is 0.000000878. The van der Waals surface area contributed by atoms with Crippen LogP contribution in [0, 0.1) is 11.7 Å². The van der Waals surface area contributed by atoms with Crippen LogP contribution in [0.1, 0.15) is 58.9 Å². The summed E-state index contributed by atoms with van der Waals surface area (Å²) in [5.74, 6) is 0.0637. The number of carbonyl (C=O) groups excluding carboxylic acids is 3. The smallest absolute Gasteiger partial charge is 0.323 e. The fourth-order valence-electron chi connectivity index (χ4n) is 3.61. The third-order valence-corrected chi connectivity index (χ3v) is 5.12. The van der Waals surface area contributed by atoms with Crippen LogP contribution in [0.2, 0.25) is 0 Å². The molecule has 35 heavy (non-hydrogen) atoms. The van der Waals surface area contributed by atoms with Crippen molar-refractivity contribution in [2.75, 3.05) is 27.5 Å². The topological polar surface area (TPSA) is 102 Å². The Kier molecular flexibility index (Phi) is 16.8. The van der Waals surface area contributed by atoms with Gasteiger partial charge in [0.05, 0.1) is 19.4 Å². The monoisotopic (exact) mass is 499 g/mol. The summed E-state index contributed by atoms with van der Waals surface area (Å²) in [6, 6.07) is 6.44. The highest BCUT2D eigenvalue weighted by atomic mass is 19.1. The zero-order chi connectivity index (χ0) is 26.9. The quantitative estimate of drug-likeness (QED) is 0.345. The van der Waals surface area contributed by atoms with Gasteiger partial charge in [0.1, 0.15) is 23.7 Å². The van der Waals surface area contributed by atoms with Gasteiger partial charge >= 0.3 is 5.97 Å². The van der Waals surface area contributed by atoms with Gasteiger partial charge in [-0.25, -0.2) is 4.39 Å². The van der Waals surface area contributed by atoms with E-state index in [1.54, 1.807) is 7.11 Å². The standard InChI is InChI=1S/C19H28FNO3.C5H10O2.C2H4O2/c1-14-11-16(12-15-7-9-17(20)10-8-15)5-4-6-18(19(22)24-14)21(2)13-23-3;1-5(2,3)7-4-6;3-1-2-4/h7-10,14,16,18H,4-6,11-13H2,1-3H3;4H,1-3H3;1,4H,2H2/t14?,16?,18-;;/m0../s1. The van der Waals surface area contributed by atoms with Crippen molar-refractivity contribution in [2.24, 2.45) is 5.92 Å². The van der Waals surface area contributed by atoms with Crippen molar-refractivity contribution >= 4 is 18.7 Å². The summed E-state index contributed by atoms with van der Waals surface area (Å²) in [6.07, 6.45) is 4.82. The first-order valence-corrected chi connectivity index (χ1v) is 11.8. The minimum Gasteiger partial charge on any atom is -0.462 e. The van der Waals surface area contributed by atoms with Gasteiger partial charge in [0, 0.05) is 7.11 Å². The molecule has 1 N–H and O–H groups in total. The van der Waals surface area contributed by atoms with Crippen LogP contribution >= 0.6 is 0 Å². The lowest BCUT2D eigenvalue weighted by Crippen LogP contribution is -2.41. The molecule has 0 saturated carbocycles. The Morgan fingerprint density at radius 3 is 2.26 bits per heavy atom. The molecule has 0 spiro atoms. The normalized spacial score (nSPS) is 20.5. The van der Waals surface area contributed by atoms with Gasteiger partial charge in [0.15, 0.2) is 0 Å². The van der Waals surface area contributed by atoms with Crippen LogP contribution in [0.3, 0.4) is 0 Å². The molecule has 1 aromatic carbocycles. The second-order valence-corrected chi connectivity index (χ2v) is 9.48. The Hall–Kier alpha value is -2.36. The minimum absolute atomic E-state index is 0.112. The summed E-state index contributed by atoms with van der Waals surface area (Å²) in [6.45, 7) is 7.92. The maximum Gasteiger partial charge on any atom is 0.323 e. The van der Waals surface area contributed by atoms with E-state index in [1.165, 1.54) is 12.1 Å². The number of rotatable bonds is 7. The van der Waals surface area contributed by atoms with Crippen molar-refractivity contribution in [1.82, 2.24) is 4.90 Å². The number of methoxy groups -OCH3 is 1. The SMILES string of the molecule is CC(C)(C)OC=O.COCN(C)[C@H]1CCCC(Cc2ccc(F)cc2)CC(C)OC1=O.O=CCO. The molecule has 2 rings (SSSR count). The van der Waals surface area contributed by atoms with Crippen LogP contribution < -0.4 is 0 Å². The van der Waals surface area contributed by atoms with Crippen LogP contribution in [0.15, 0.2) is 24.3 Å². The molecule has 0 amide bonds. The third kappa shape index (κ3) is 16.0. The molecule has 0 aliphatic carbocycles. The van der Waals surface area contributed by atoms with Crippen molar-refractivity contribution in [3.63, 3.8) is 0 Å². The summed E-state index contributed by atoms with van der Waals surface area (Å²) >= 11 is 0. The van der Waals surface area contributed by atoms with Crippen molar-refractivity contribution in [2.45, 2.75) is 77.5 Å². The lowest BCUT2D eigenvalue weighted by Gasteiger charge is -2.26. The van der Waals surface area contributed by atoms with Gasteiger partial charge in [-0.05, 0) is 84.0 Å². The third-order valence-electron chi connectivity index (χ3n) is 5.12. The number of nitrogens with zero attached hydrogens (tertiary/aromatic N) is 1. The van der Waals surface area contributed by atoms with Gasteiger partial charge in [-0.2, -0.15) is 0 Å². The van der Waals surface area contributed by atoms with E-state index in [4.69, 9.17) is 19.4 Å². The number of ether oxygens (including phenoxy) is 3. The van der Waals surface area contributed by atoms with E-state index in [0.29, 0.717) is 25.4 Å². The van der Waals surface area contributed by atoms with E-state index in [2.05, 4.69) is 4.74 Å². The van der Waals surface area contributed by atoms with Gasteiger partial charge in [0.2, 0.25) is 0 Å². The molecule has 1 aliphatic rings. The molecule has 1 saturated heterocycles. The first-order chi connectivity index (χ1) is 16.5. The minimum atomic E-state index is -0.361. The van der Waals surface area contributed by atoms with E-state index in [-0.39, 0.29) is 36.1 Å². The molecule has 1 aromatic rings. The number of cyclic esters (lactones) is 1. The van der Waals surface area contributed by atoms with Crippen LogP contribution in [-0.2, 0) is 35.0 Å². The summed E-state index contributed by atoms with van der Waals surface area (Å²) in [5.41, 5.74) is 0.814. The van der Waals surface area contributed by atoms with E-state index in [9.17, 15) is 14.0 Å². The number of hydrogen-bond donors (Lipinski definition) is 1. The Morgan fingerprint density at radius 2 is 1.80 bits per heavy atom. The molecule has 1 heterocycles. The highest BCUT2D eigenvalue weighted by Gasteiger charge is 2.29. The largest absolute Gasteiger partial charge is 0.462 e. The number of aliphatic hydroxyl groups is 1. The number of aldehydes is 1. The number of likely N-dealkylation sites (N-methyl/N-ethyl adjacent to an activating group) is 1. The molecule has 0 bridgehead atoms. The molecule has 8 nitrogen and oxygen atoms in total. The summed E-state index contributed by atoms with van der Waals surface area (Å²) in [7, 11) is 3.51. The Labute approximate surface area is 208 Å². The second kappa shape index (κ2) is 18.0. The van der Waals surface area contributed by atoms with Crippen LogP contribution in [0.5, 0.6) is 0 Å². The average molecular weight is 500 g/mol. The first-order valence-electron chi connectivity index (χ1n) is 11.8. The Morgan fingerprint density at radius 1 is 1.20 bits per heavy atom. The molecule has 1 fully saturated rings. The summed E-state index contributed by atoms with van der Waals surface area (Å²) < 4.78 is 28.4. The molecule has 0 aromatic heterocycles. The molecule has 2 unspecified atom stereocenters. The van der Waals surface area contributed by atoms with Gasteiger partial charge in [-0.15, -0.1) is 0 Å². The molecular weight excluding hydrogens is 457 g/mol. The Bertz CT molecular complexity index is 721. The summed E-state index contributed by atoms with van der Waals surface area (Å²) in [5, 5.41) is 7.51. The number of carbonyl (C=O) groups is 3. The zero-order valence-corrected chi connectivity index (χ0v) is 21.9. The molecule has 1 aliphatic heterocycles. The van der Waals surface area contributed by atoms with Gasteiger partial charge in [-0.3, -0.25) is 14.5 Å². The van der Waals surface area contributed by atoms with Gasteiger partial charge in [-0.1, -0.05) is 18.6 Å². The van der Waals surface area contributed by atoms with Crippen molar-refractivity contribution in [1.29, 1.82) is 0 Å². The lowest BCUT2D eigenvalue weighted by molar-refractivity contribution is -0.156. The van der Waals surface area contributed by atoms with Crippen molar-refractivity contribution in [3.8, 4) is 0 Å². The van der Waals surface area contributed by atoms with E-state index in [0.717, 1.165) is 37.7 Å². The predicted molar refractivity (Wildman–Crippen MR) is 131 cm³/mol. The molecule has 3 atom stereocenters. The predicted octanol–water partition coefficient (Wildman–Crippen LogP) is 3.53. The zero-order valence-electron chi connectivity index (χ0n) is 21.9. The molecule has 200 valence electrons. The molecule has 9 heteroatoms. The van der Waals surface area contributed by atoms with E-state index in [1.807, 2.05) is 51.8 Å². The van der Waals surface area contributed by atoms with Crippen LogP contribution in [0.25, 0.3) is 0 Å². The fraction of sp³-hybridized carbons (Fsp3) is 0.654. The second-order valence-electron chi connectivity index (χ2n) is 9.48. The number of esters is 1. The molecular formula is C26H42FNO7. The van der Waals surface area contributed by atoms with Gasteiger partial charge in [0.25, 0.3) is 6.47 Å². The molecule has 0 radical (unpaired) electrons. The maximum absolute atomic E-state index is 13.1. The fourth-order valence-corrected chi connectivity index (χ4v) is 3.61. The van der Waals surface area contributed by atoms with Gasteiger partial charge < -0.3 is 24.1 Å². The van der Waals surface area contributed by atoms with E-state index >= 15 is 0 Å². The summed E-state index contributed by atoms with van der Waals surface area (Å²) in [4.78, 5) is 32.8. The lowest BCUT2D eigenvalue weighted by atomic mass is 9.89. The highest BCUT2D eigenvalue weighted by molar-refractivity contribution is 5.75. The number of halogens is 1. The first kappa shape index (κ1) is 32.6. The number of aliphatic hydroxyl groups excluding tert-OH is 1. The van der Waals surface area contributed by atoms with Crippen molar-refractivity contribution in [3.05, 3.63) is 35.6 Å². The highest BCUT2D eigenvalue weighted by Crippen LogP contribution is 2.25. The van der Waals surface area contributed by atoms with Crippen LogP contribution in [-0.4, -0.2) is 74.0 Å². The van der Waals surface area contributed by atoms with Crippen molar-refractivity contribution < 1.29 is 38.1 Å². The number of benzene rings is 1. The maximum atomic E-state index is 13.1.